The summed E-state index contributed by atoms with van der Waals surface area (Å²) in [7, 11) is 0. The molecule has 5 nitrogen and oxygen atoms in total. The summed E-state index contributed by atoms with van der Waals surface area (Å²) in [6, 6.07) is 28.5. The van der Waals surface area contributed by atoms with Crippen molar-refractivity contribution < 1.29 is 14.4 Å². The smallest absolute Gasteiger partial charge is 0.262 e. The average molecular weight is 420 g/mol. The maximum Gasteiger partial charge on any atom is 0.262 e. The largest absolute Gasteiger partial charge is 0.324 e. The predicted molar refractivity (Wildman–Crippen MR) is 123 cm³/mol. The Bertz CT molecular complexity index is 1310. The molecule has 0 saturated carbocycles. The highest BCUT2D eigenvalue weighted by molar-refractivity contribution is 6.23. The lowest BCUT2D eigenvalue weighted by Crippen LogP contribution is -2.48. The molecule has 32 heavy (non-hydrogen) atoms. The van der Waals surface area contributed by atoms with Crippen LogP contribution in [-0.4, -0.2) is 28.7 Å². The first-order valence-electron chi connectivity index (χ1n) is 10.4. The van der Waals surface area contributed by atoms with E-state index in [1.165, 1.54) is 0 Å². The van der Waals surface area contributed by atoms with E-state index in [9.17, 15) is 14.4 Å². The Hall–Kier alpha value is -4.25. The maximum absolute atomic E-state index is 13.5. The topological polar surface area (TPSA) is 66.5 Å². The molecule has 1 atom stereocenters. The van der Waals surface area contributed by atoms with Crippen molar-refractivity contribution >= 4 is 34.2 Å². The number of nitrogens with one attached hydrogen (secondary N) is 1. The Morgan fingerprint density at radius 1 is 0.719 bits per heavy atom. The first kappa shape index (κ1) is 19.7. The lowest BCUT2D eigenvalue weighted by Gasteiger charge is -2.26. The fraction of sp³-hybridized carbons (Fsp3) is 0.0741. The minimum Gasteiger partial charge on any atom is -0.324 e. The Morgan fingerprint density at radius 2 is 1.31 bits per heavy atom. The number of imide groups is 1. The van der Waals surface area contributed by atoms with Crippen LogP contribution in [-0.2, 0) is 11.2 Å². The third kappa shape index (κ3) is 3.44. The van der Waals surface area contributed by atoms with Gasteiger partial charge < -0.3 is 5.32 Å². The summed E-state index contributed by atoms with van der Waals surface area (Å²) in [5, 5.41) is 4.85. The van der Waals surface area contributed by atoms with Gasteiger partial charge in [-0.2, -0.15) is 0 Å². The van der Waals surface area contributed by atoms with Crippen LogP contribution in [0.25, 0.3) is 10.8 Å². The number of anilines is 1. The van der Waals surface area contributed by atoms with Crippen molar-refractivity contribution in [3.05, 3.63) is 114 Å². The molecule has 1 heterocycles. The number of benzene rings is 4. The van der Waals surface area contributed by atoms with Gasteiger partial charge in [-0.1, -0.05) is 78.9 Å². The van der Waals surface area contributed by atoms with Gasteiger partial charge in [0.1, 0.15) is 6.04 Å². The average Bonchev–Trinajstić information content (AvgIpc) is 3.08. The summed E-state index contributed by atoms with van der Waals surface area (Å²) >= 11 is 0. The van der Waals surface area contributed by atoms with Crippen LogP contribution in [0.1, 0.15) is 26.3 Å². The van der Waals surface area contributed by atoms with Crippen LogP contribution in [0.3, 0.4) is 0 Å². The Labute approximate surface area is 185 Å². The zero-order valence-electron chi connectivity index (χ0n) is 17.2. The number of carbonyl (C=O) groups excluding carboxylic acids is 3. The van der Waals surface area contributed by atoms with Crippen LogP contribution in [0, 0.1) is 0 Å². The van der Waals surface area contributed by atoms with Crippen molar-refractivity contribution in [1.82, 2.24) is 4.90 Å². The van der Waals surface area contributed by atoms with E-state index in [2.05, 4.69) is 5.32 Å². The molecule has 1 N–H and O–H groups in total. The van der Waals surface area contributed by atoms with Gasteiger partial charge in [0.15, 0.2) is 0 Å². The molecular weight excluding hydrogens is 400 g/mol. The van der Waals surface area contributed by atoms with E-state index in [0.717, 1.165) is 21.2 Å². The van der Waals surface area contributed by atoms with Crippen LogP contribution in [0.2, 0.25) is 0 Å². The monoisotopic (exact) mass is 420 g/mol. The van der Waals surface area contributed by atoms with Crippen molar-refractivity contribution in [2.24, 2.45) is 0 Å². The summed E-state index contributed by atoms with van der Waals surface area (Å²) in [6.45, 7) is 0. The van der Waals surface area contributed by atoms with Gasteiger partial charge in [0, 0.05) is 17.5 Å². The van der Waals surface area contributed by atoms with E-state index in [-0.39, 0.29) is 6.42 Å². The number of rotatable bonds is 5. The standard InChI is InChI=1S/C27H20N2O3/c30-25(28-23-16-8-12-19-11-4-5-13-20(19)23)24(17-18-9-2-1-3-10-18)29-26(31)21-14-6-7-15-22(21)27(29)32/h1-16,24H,17H2,(H,28,30)/t24-/m0/s1. The number of amides is 3. The Kier molecular flexibility index (Phi) is 5.00. The molecule has 1 aliphatic heterocycles. The van der Waals surface area contributed by atoms with E-state index in [4.69, 9.17) is 0 Å². The normalized spacial score (nSPS) is 13.8. The van der Waals surface area contributed by atoms with Crippen molar-refractivity contribution in [3.8, 4) is 0 Å². The molecule has 4 aromatic carbocycles. The second-order valence-corrected chi connectivity index (χ2v) is 7.75. The second kappa shape index (κ2) is 8.12. The zero-order valence-corrected chi connectivity index (χ0v) is 17.2. The van der Waals surface area contributed by atoms with Crippen LogP contribution < -0.4 is 5.32 Å². The molecule has 4 aromatic rings. The summed E-state index contributed by atoms with van der Waals surface area (Å²) in [5.74, 6) is -1.29. The van der Waals surface area contributed by atoms with Crippen LogP contribution in [0.4, 0.5) is 5.69 Å². The van der Waals surface area contributed by atoms with Gasteiger partial charge in [-0.3, -0.25) is 19.3 Å². The second-order valence-electron chi connectivity index (χ2n) is 7.75. The van der Waals surface area contributed by atoms with Gasteiger partial charge in [0.2, 0.25) is 5.91 Å². The number of hydrogen-bond acceptors (Lipinski definition) is 3. The molecule has 1 aliphatic rings. The number of nitrogens with zero attached hydrogens (tertiary/aromatic N) is 1. The molecule has 0 fully saturated rings. The molecule has 0 aliphatic carbocycles. The van der Waals surface area contributed by atoms with E-state index >= 15 is 0 Å². The highest BCUT2D eigenvalue weighted by atomic mass is 16.2. The highest BCUT2D eigenvalue weighted by Crippen LogP contribution is 2.28. The minimum atomic E-state index is -0.983. The van der Waals surface area contributed by atoms with Crippen molar-refractivity contribution in [3.63, 3.8) is 0 Å². The molecule has 0 aromatic heterocycles. The van der Waals surface area contributed by atoms with Gasteiger partial charge in [-0.15, -0.1) is 0 Å². The number of carbonyl (C=O) groups is 3. The van der Waals surface area contributed by atoms with Gasteiger partial charge >= 0.3 is 0 Å². The molecule has 0 bridgehead atoms. The third-order valence-corrected chi connectivity index (χ3v) is 5.76. The first-order valence-corrected chi connectivity index (χ1v) is 10.4. The molecule has 0 radical (unpaired) electrons. The lowest BCUT2D eigenvalue weighted by molar-refractivity contribution is -0.119. The molecule has 156 valence electrons. The Balaban J connectivity index is 1.52. The number of fused-ring (bicyclic) bond motifs is 2. The molecular formula is C27H20N2O3. The molecule has 0 saturated heterocycles. The fourth-order valence-electron chi connectivity index (χ4n) is 4.18. The van der Waals surface area contributed by atoms with Crippen LogP contribution >= 0.6 is 0 Å². The zero-order chi connectivity index (χ0) is 22.1. The predicted octanol–water partition coefficient (Wildman–Crippen LogP) is 4.69. The molecule has 0 spiro atoms. The van der Waals surface area contributed by atoms with E-state index in [0.29, 0.717) is 16.8 Å². The van der Waals surface area contributed by atoms with Gasteiger partial charge in [-0.25, -0.2) is 0 Å². The third-order valence-electron chi connectivity index (χ3n) is 5.76. The first-order chi connectivity index (χ1) is 15.6. The summed E-state index contributed by atoms with van der Waals surface area (Å²) in [4.78, 5) is 40.9. The summed E-state index contributed by atoms with van der Waals surface area (Å²) in [5.41, 5.74) is 2.16. The SMILES string of the molecule is O=C(Nc1cccc2ccccc12)[C@H](Cc1ccccc1)N1C(=O)c2ccccc2C1=O. The van der Waals surface area contributed by atoms with E-state index in [1.54, 1.807) is 24.3 Å². The highest BCUT2D eigenvalue weighted by Gasteiger charge is 2.42. The van der Waals surface area contributed by atoms with Crippen LogP contribution in [0.5, 0.6) is 0 Å². The molecule has 5 rings (SSSR count). The Morgan fingerprint density at radius 3 is 2.03 bits per heavy atom. The fourth-order valence-corrected chi connectivity index (χ4v) is 4.18. The quantitative estimate of drug-likeness (QED) is 0.477. The van der Waals surface area contributed by atoms with Crippen molar-refractivity contribution in [2.45, 2.75) is 12.5 Å². The van der Waals surface area contributed by atoms with Crippen molar-refractivity contribution in [1.29, 1.82) is 0 Å². The van der Waals surface area contributed by atoms with E-state index < -0.39 is 23.8 Å². The van der Waals surface area contributed by atoms with Gasteiger partial charge in [0.05, 0.1) is 11.1 Å². The van der Waals surface area contributed by atoms with E-state index in [1.807, 2.05) is 72.8 Å². The summed E-state index contributed by atoms with van der Waals surface area (Å²) in [6.07, 6.45) is 0.225. The minimum absolute atomic E-state index is 0.225. The van der Waals surface area contributed by atoms with Crippen molar-refractivity contribution in [2.75, 3.05) is 5.32 Å². The molecule has 5 heteroatoms. The molecule has 0 unspecified atom stereocenters. The van der Waals surface area contributed by atoms with Crippen LogP contribution in [0.15, 0.2) is 97.1 Å². The molecule has 3 amide bonds. The summed E-state index contributed by atoms with van der Waals surface area (Å²) < 4.78 is 0. The number of hydrogen-bond donors (Lipinski definition) is 1. The lowest BCUT2D eigenvalue weighted by atomic mass is 10.0. The van der Waals surface area contributed by atoms with Gasteiger partial charge in [-0.05, 0) is 29.1 Å². The van der Waals surface area contributed by atoms with Gasteiger partial charge in [0.25, 0.3) is 11.8 Å². The maximum atomic E-state index is 13.5.